The van der Waals surface area contributed by atoms with E-state index in [4.69, 9.17) is 5.26 Å². The number of hydrogen-bond acceptors (Lipinski definition) is 4. The summed E-state index contributed by atoms with van der Waals surface area (Å²) in [6, 6.07) is 7.97. The first kappa shape index (κ1) is 14.0. The zero-order chi connectivity index (χ0) is 14.7. The Bertz CT molecular complexity index is 684. The van der Waals surface area contributed by atoms with Crippen LogP contribution in [0, 0.1) is 39.0 Å². The van der Waals surface area contributed by atoms with Crippen LogP contribution in [0.2, 0.25) is 0 Å². The molecular formula is C16H18N4. The lowest BCUT2D eigenvalue weighted by molar-refractivity contribution is 1.00. The Kier molecular flexibility index (Phi) is 3.99. The molecule has 1 N–H and O–H groups in total. The molecule has 0 atom stereocenters. The van der Waals surface area contributed by atoms with Gasteiger partial charge in [-0.25, -0.2) is 9.97 Å². The van der Waals surface area contributed by atoms with E-state index >= 15 is 0 Å². The van der Waals surface area contributed by atoms with Gasteiger partial charge < -0.3 is 5.32 Å². The molecule has 4 nitrogen and oxygen atoms in total. The van der Waals surface area contributed by atoms with Crippen molar-refractivity contribution >= 4 is 5.82 Å². The van der Waals surface area contributed by atoms with E-state index in [1.165, 1.54) is 22.3 Å². The standard InChI is InChI=1S/C16H18N4/c1-10-5-6-14(12(3)11(10)2)9-18-16-7-15(8-17)19-13(4)20-16/h5-7H,9H2,1-4H3,(H,18,19,20). The van der Waals surface area contributed by atoms with Crippen LogP contribution in [0.3, 0.4) is 0 Å². The average molecular weight is 266 g/mol. The Hall–Kier alpha value is -2.41. The van der Waals surface area contributed by atoms with E-state index in [9.17, 15) is 0 Å². The topological polar surface area (TPSA) is 61.6 Å². The number of aryl methyl sites for hydroxylation is 2. The number of aromatic nitrogens is 2. The van der Waals surface area contributed by atoms with Crippen LogP contribution in [0.5, 0.6) is 0 Å². The third-order valence-corrected chi connectivity index (χ3v) is 3.58. The van der Waals surface area contributed by atoms with Crippen LogP contribution in [0.1, 0.15) is 33.8 Å². The third kappa shape index (κ3) is 2.94. The fourth-order valence-corrected chi connectivity index (χ4v) is 2.10. The lowest BCUT2D eigenvalue weighted by Gasteiger charge is -2.12. The predicted octanol–water partition coefficient (Wildman–Crippen LogP) is 3.19. The number of anilines is 1. The summed E-state index contributed by atoms with van der Waals surface area (Å²) in [4.78, 5) is 8.33. The van der Waals surface area contributed by atoms with Gasteiger partial charge in [-0.15, -0.1) is 0 Å². The molecule has 0 radical (unpaired) electrons. The van der Waals surface area contributed by atoms with Crippen LogP contribution in [-0.2, 0) is 6.54 Å². The summed E-state index contributed by atoms with van der Waals surface area (Å²) in [5.74, 6) is 1.29. The first-order chi connectivity index (χ1) is 9.51. The van der Waals surface area contributed by atoms with Gasteiger partial charge in [0.1, 0.15) is 23.4 Å². The summed E-state index contributed by atoms with van der Waals surface area (Å²) < 4.78 is 0. The molecule has 0 unspecified atom stereocenters. The first-order valence-corrected chi connectivity index (χ1v) is 6.56. The molecule has 1 aromatic carbocycles. The van der Waals surface area contributed by atoms with Crippen LogP contribution < -0.4 is 5.32 Å². The molecule has 0 spiro atoms. The zero-order valence-electron chi connectivity index (χ0n) is 12.3. The van der Waals surface area contributed by atoms with Crippen molar-refractivity contribution in [3.63, 3.8) is 0 Å². The molecule has 0 aliphatic rings. The summed E-state index contributed by atoms with van der Waals surface area (Å²) in [6.45, 7) is 8.86. The molecule has 0 bridgehead atoms. The van der Waals surface area contributed by atoms with Gasteiger partial charge in [0.15, 0.2) is 0 Å². The highest BCUT2D eigenvalue weighted by Crippen LogP contribution is 2.18. The van der Waals surface area contributed by atoms with Crippen LogP contribution in [-0.4, -0.2) is 9.97 Å². The summed E-state index contributed by atoms with van der Waals surface area (Å²) >= 11 is 0. The Morgan fingerprint density at radius 3 is 2.55 bits per heavy atom. The van der Waals surface area contributed by atoms with Gasteiger partial charge in [0.05, 0.1) is 0 Å². The zero-order valence-corrected chi connectivity index (χ0v) is 12.3. The van der Waals surface area contributed by atoms with Crippen LogP contribution >= 0.6 is 0 Å². The predicted molar refractivity (Wildman–Crippen MR) is 79.5 cm³/mol. The molecule has 4 heteroatoms. The fraction of sp³-hybridized carbons (Fsp3) is 0.312. The van der Waals surface area contributed by atoms with Crippen molar-refractivity contribution in [2.45, 2.75) is 34.2 Å². The van der Waals surface area contributed by atoms with Gasteiger partial charge in [-0.1, -0.05) is 12.1 Å². The van der Waals surface area contributed by atoms with Gasteiger partial charge in [0.25, 0.3) is 0 Å². The van der Waals surface area contributed by atoms with E-state index in [1.54, 1.807) is 13.0 Å². The van der Waals surface area contributed by atoms with Crippen molar-refractivity contribution in [1.29, 1.82) is 5.26 Å². The molecule has 102 valence electrons. The van der Waals surface area contributed by atoms with Crippen molar-refractivity contribution in [2.75, 3.05) is 5.32 Å². The van der Waals surface area contributed by atoms with E-state index in [-0.39, 0.29) is 0 Å². The van der Waals surface area contributed by atoms with Crippen molar-refractivity contribution in [1.82, 2.24) is 9.97 Å². The average Bonchev–Trinajstić information content (AvgIpc) is 2.43. The minimum absolute atomic E-state index is 0.386. The second-order valence-electron chi connectivity index (χ2n) is 4.94. The Morgan fingerprint density at radius 1 is 1.10 bits per heavy atom. The highest BCUT2D eigenvalue weighted by Gasteiger charge is 2.05. The molecule has 2 aromatic rings. The summed E-state index contributed by atoms with van der Waals surface area (Å²) in [6.07, 6.45) is 0. The quantitative estimate of drug-likeness (QED) is 0.926. The lowest BCUT2D eigenvalue weighted by Crippen LogP contribution is -2.06. The van der Waals surface area contributed by atoms with Gasteiger partial charge in [0, 0.05) is 12.6 Å². The van der Waals surface area contributed by atoms with E-state index < -0.39 is 0 Å². The van der Waals surface area contributed by atoms with Crippen molar-refractivity contribution in [2.24, 2.45) is 0 Å². The monoisotopic (exact) mass is 266 g/mol. The molecule has 1 aromatic heterocycles. The lowest BCUT2D eigenvalue weighted by atomic mass is 9.99. The fourth-order valence-electron chi connectivity index (χ4n) is 2.10. The van der Waals surface area contributed by atoms with Gasteiger partial charge >= 0.3 is 0 Å². The first-order valence-electron chi connectivity index (χ1n) is 6.56. The van der Waals surface area contributed by atoms with Gasteiger partial charge in [-0.3, -0.25) is 0 Å². The van der Waals surface area contributed by atoms with E-state index in [0.29, 0.717) is 23.9 Å². The molecule has 2 rings (SSSR count). The second-order valence-corrected chi connectivity index (χ2v) is 4.94. The number of nitrogens with one attached hydrogen (secondary N) is 1. The van der Waals surface area contributed by atoms with Crippen molar-refractivity contribution in [3.05, 3.63) is 52.0 Å². The molecule has 0 aliphatic carbocycles. The largest absolute Gasteiger partial charge is 0.366 e. The number of nitrogens with zero attached hydrogens (tertiary/aromatic N) is 3. The van der Waals surface area contributed by atoms with Gasteiger partial charge in [-0.05, 0) is 49.9 Å². The smallest absolute Gasteiger partial charge is 0.146 e. The molecule has 0 saturated heterocycles. The normalized spacial score (nSPS) is 10.2. The maximum absolute atomic E-state index is 8.91. The van der Waals surface area contributed by atoms with E-state index in [2.05, 4.69) is 48.2 Å². The highest BCUT2D eigenvalue weighted by molar-refractivity contribution is 5.44. The SMILES string of the molecule is Cc1nc(C#N)cc(NCc2ccc(C)c(C)c2C)n1. The molecule has 0 saturated carbocycles. The summed E-state index contributed by atoms with van der Waals surface area (Å²) in [7, 11) is 0. The Balaban J connectivity index is 2.19. The second kappa shape index (κ2) is 5.70. The number of benzene rings is 1. The number of nitriles is 1. The summed E-state index contributed by atoms with van der Waals surface area (Å²) in [5, 5.41) is 12.2. The van der Waals surface area contributed by atoms with Gasteiger partial charge in [-0.2, -0.15) is 5.26 Å². The molecular weight excluding hydrogens is 248 g/mol. The highest BCUT2D eigenvalue weighted by atomic mass is 15.0. The van der Waals surface area contributed by atoms with Crippen molar-refractivity contribution < 1.29 is 0 Å². The minimum atomic E-state index is 0.386. The van der Waals surface area contributed by atoms with Gasteiger partial charge in [0.2, 0.25) is 0 Å². The Morgan fingerprint density at radius 2 is 1.85 bits per heavy atom. The number of hydrogen-bond donors (Lipinski definition) is 1. The number of rotatable bonds is 3. The Labute approximate surface area is 119 Å². The van der Waals surface area contributed by atoms with E-state index in [0.717, 1.165) is 0 Å². The van der Waals surface area contributed by atoms with E-state index in [1.807, 2.05) is 6.07 Å². The van der Waals surface area contributed by atoms with Crippen LogP contribution in [0.25, 0.3) is 0 Å². The molecule has 1 heterocycles. The van der Waals surface area contributed by atoms with Crippen molar-refractivity contribution in [3.8, 4) is 6.07 Å². The molecule has 0 amide bonds. The maximum Gasteiger partial charge on any atom is 0.146 e. The maximum atomic E-state index is 8.91. The summed E-state index contributed by atoms with van der Waals surface area (Å²) in [5.41, 5.74) is 5.54. The molecule has 0 aliphatic heterocycles. The van der Waals surface area contributed by atoms with Crippen LogP contribution in [0.15, 0.2) is 18.2 Å². The molecule has 0 fully saturated rings. The molecule has 20 heavy (non-hydrogen) atoms. The minimum Gasteiger partial charge on any atom is -0.366 e. The van der Waals surface area contributed by atoms with Crippen LogP contribution in [0.4, 0.5) is 5.82 Å². The third-order valence-electron chi connectivity index (χ3n) is 3.58.